The molecule has 0 aliphatic heterocycles. The van der Waals surface area contributed by atoms with Crippen molar-refractivity contribution in [2.75, 3.05) is 6.61 Å². The average Bonchev–Trinajstić information content (AvgIpc) is 2.29. The van der Waals surface area contributed by atoms with Gasteiger partial charge in [0.15, 0.2) is 0 Å². The molecule has 0 fully saturated rings. The van der Waals surface area contributed by atoms with Crippen molar-refractivity contribution in [1.82, 2.24) is 0 Å². The summed E-state index contributed by atoms with van der Waals surface area (Å²) in [5.74, 6) is 0.537. The van der Waals surface area contributed by atoms with Crippen LogP contribution in [0.25, 0.3) is 0 Å². The Bertz CT molecular complexity index is 373. The first-order valence-corrected chi connectivity index (χ1v) is 5.15. The third-order valence-electron chi connectivity index (χ3n) is 2.20. The van der Waals surface area contributed by atoms with Gasteiger partial charge in [-0.2, -0.15) is 5.26 Å². The van der Waals surface area contributed by atoms with Crippen molar-refractivity contribution in [3.05, 3.63) is 29.8 Å². The van der Waals surface area contributed by atoms with E-state index in [0.29, 0.717) is 17.9 Å². The van der Waals surface area contributed by atoms with Crippen molar-refractivity contribution in [1.29, 1.82) is 5.26 Å². The van der Waals surface area contributed by atoms with Crippen molar-refractivity contribution in [2.45, 2.75) is 25.6 Å². The summed E-state index contributed by atoms with van der Waals surface area (Å²) >= 11 is 0. The third kappa shape index (κ3) is 2.96. The molecule has 0 aromatic heterocycles. The molecular weight excluding hydrogens is 206 g/mol. The molecule has 0 radical (unpaired) electrons. The number of hydrogen-bond donors (Lipinski definition) is 2. The number of aliphatic hydroxyl groups is 2. The van der Waals surface area contributed by atoms with Crippen LogP contribution >= 0.6 is 0 Å². The summed E-state index contributed by atoms with van der Waals surface area (Å²) in [4.78, 5) is 0. The molecule has 1 aromatic carbocycles. The lowest BCUT2D eigenvalue weighted by Gasteiger charge is -2.18. The maximum Gasteiger partial charge on any atom is 0.125 e. The topological polar surface area (TPSA) is 73.5 Å². The number of nitrogens with zero attached hydrogens (tertiary/aromatic N) is 1. The van der Waals surface area contributed by atoms with Gasteiger partial charge in [-0.1, -0.05) is 18.2 Å². The Morgan fingerprint density at radius 1 is 1.38 bits per heavy atom. The Labute approximate surface area is 94.7 Å². The number of aliphatic hydroxyl groups excluding tert-OH is 2. The molecule has 16 heavy (non-hydrogen) atoms. The van der Waals surface area contributed by atoms with Gasteiger partial charge in [0.1, 0.15) is 11.9 Å². The van der Waals surface area contributed by atoms with Crippen molar-refractivity contribution >= 4 is 0 Å². The lowest BCUT2D eigenvalue weighted by atomic mass is 10.0. The van der Waals surface area contributed by atoms with Crippen molar-refractivity contribution in [2.24, 2.45) is 0 Å². The maximum absolute atomic E-state index is 9.85. The van der Waals surface area contributed by atoms with E-state index < -0.39 is 12.2 Å². The van der Waals surface area contributed by atoms with Crippen LogP contribution in [-0.2, 0) is 0 Å². The van der Waals surface area contributed by atoms with Crippen molar-refractivity contribution in [3.63, 3.8) is 0 Å². The van der Waals surface area contributed by atoms with Crippen LogP contribution in [0, 0.1) is 11.3 Å². The zero-order chi connectivity index (χ0) is 12.0. The molecule has 0 aliphatic rings. The first-order valence-electron chi connectivity index (χ1n) is 5.15. The zero-order valence-corrected chi connectivity index (χ0v) is 9.13. The number of para-hydroxylation sites is 1. The van der Waals surface area contributed by atoms with E-state index >= 15 is 0 Å². The standard InChI is InChI=1S/C12H15NO3/c1-2-16-11-6-4-3-5-9(11)12(15)10(14)7-8-13/h3-6,10,12,14-15H,2,7H2,1H3. The molecule has 4 nitrogen and oxygen atoms in total. The molecule has 1 aromatic rings. The number of rotatable bonds is 5. The van der Waals surface area contributed by atoms with Gasteiger partial charge >= 0.3 is 0 Å². The minimum atomic E-state index is -1.10. The van der Waals surface area contributed by atoms with Gasteiger partial charge < -0.3 is 14.9 Å². The van der Waals surface area contributed by atoms with Gasteiger partial charge in [0.2, 0.25) is 0 Å². The van der Waals surface area contributed by atoms with Crippen LogP contribution in [0.2, 0.25) is 0 Å². The van der Waals surface area contributed by atoms with E-state index in [1.807, 2.05) is 13.0 Å². The fourth-order valence-corrected chi connectivity index (χ4v) is 1.42. The molecule has 4 heteroatoms. The lowest BCUT2D eigenvalue weighted by molar-refractivity contribution is 0.0199. The molecule has 0 spiro atoms. The van der Waals surface area contributed by atoms with E-state index in [1.54, 1.807) is 24.3 Å². The number of benzene rings is 1. The highest BCUT2D eigenvalue weighted by Gasteiger charge is 2.21. The summed E-state index contributed by atoms with van der Waals surface area (Å²) in [5.41, 5.74) is 0.507. The van der Waals surface area contributed by atoms with Gasteiger partial charge in [-0.05, 0) is 13.0 Å². The summed E-state index contributed by atoms with van der Waals surface area (Å²) in [6.07, 6.45) is -2.30. The molecule has 2 atom stereocenters. The Morgan fingerprint density at radius 2 is 2.06 bits per heavy atom. The summed E-state index contributed by atoms with van der Waals surface area (Å²) < 4.78 is 5.33. The predicted molar refractivity (Wildman–Crippen MR) is 58.8 cm³/mol. The normalized spacial score (nSPS) is 13.9. The molecule has 2 N–H and O–H groups in total. The fraction of sp³-hybridized carbons (Fsp3) is 0.417. The summed E-state index contributed by atoms with van der Waals surface area (Å²) in [6.45, 7) is 2.33. The number of ether oxygens (including phenoxy) is 1. The van der Waals surface area contributed by atoms with Crippen LogP contribution in [0.15, 0.2) is 24.3 Å². The van der Waals surface area contributed by atoms with Crippen LogP contribution < -0.4 is 4.74 Å². The maximum atomic E-state index is 9.85. The molecule has 0 bridgehead atoms. The second kappa shape index (κ2) is 6.11. The molecule has 0 saturated heterocycles. The highest BCUT2D eigenvalue weighted by atomic mass is 16.5. The quantitative estimate of drug-likeness (QED) is 0.788. The van der Waals surface area contributed by atoms with Gasteiger partial charge in [0.25, 0.3) is 0 Å². The highest BCUT2D eigenvalue weighted by molar-refractivity contribution is 5.35. The third-order valence-corrected chi connectivity index (χ3v) is 2.20. The van der Waals surface area contributed by atoms with Crippen LogP contribution in [0.1, 0.15) is 25.0 Å². The first kappa shape index (κ1) is 12.5. The Kier molecular flexibility index (Phi) is 4.77. The average molecular weight is 221 g/mol. The van der Waals surface area contributed by atoms with Crippen LogP contribution in [0.5, 0.6) is 5.75 Å². The van der Waals surface area contributed by atoms with E-state index in [2.05, 4.69) is 0 Å². The fourth-order valence-electron chi connectivity index (χ4n) is 1.42. The summed E-state index contributed by atoms with van der Waals surface area (Å²) in [7, 11) is 0. The molecule has 0 heterocycles. The smallest absolute Gasteiger partial charge is 0.125 e. The van der Waals surface area contributed by atoms with Crippen molar-refractivity contribution in [3.8, 4) is 11.8 Å². The number of nitriles is 1. The van der Waals surface area contributed by atoms with E-state index in [0.717, 1.165) is 0 Å². The minimum Gasteiger partial charge on any atom is -0.493 e. The highest BCUT2D eigenvalue weighted by Crippen LogP contribution is 2.28. The summed E-state index contributed by atoms with van der Waals surface area (Å²) in [6, 6.07) is 8.76. The molecular formula is C12H15NO3. The monoisotopic (exact) mass is 221 g/mol. The molecule has 1 rings (SSSR count). The molecule has 0 aliphatic carbocycles. The van der Waals surface area contributed by atoms with Gasteiger partial charge in [0, 0.05) is 5.56 Å². The van der Waals surface area contributed by atoms with Gasteiger partial charge in [-0.15, -0.1) is 0 Å². The van der Waals surface area contributed by atoms with E-state index in [1.165, 1.54) is 0 Å². The molecule has 0 saturated carbocycles. The Hall–Kier alpha value is -1.57. The second-order valence-corrected chi connectivity index (χ2v) is 3.35. The van der Waals surface area contributed by atoms with Crippen LogP contribution in [0.3, 0.4) is 0 Å². The van der Waals surface area contributed by atoms with Gasteiger partial charge in [-0.3, -0.25) is 0 Å². The van der Waals surface area contributed by atoms with Crippen LogP contribution in [0.4, 0.5) is 0 Å². The largest absolute Gasteiger partial charge is 0.493 e. The zero-order valence-electron chi connectivity index (χ0n) is 9.13. The van der Waals surface area contributed by atoms with Gasteiger partial charge in [-0.25, -0.2) is 0 Å². The lowest BCUT2D eigenvalue weighted by Crippen LogP contribution is -2.18. The summed E-state index contributed by atoms with van der Waals surface area (Å²) in [5, 5.41) is 27.8. The SMILES string of the molecule is CCOc1ccccc1C(O)C(O)CC#N. The van der Waals surface area contributed by atoms with Gasteiger partial charge in [0.05, 0.1) is 25.2 Å². The van der Waals surface area contributed by atoms with E-state index in [-0.39, 0.29) is 6.42 Å². The predicted octanol–water partition coefficient (Wildman–Crippen LogP) is 1.39. The Balaban J connectivity index is 2.89. The first-order chi connectivity index (χ1) is 7.70. The van der Waals surface area contributed by atoms with Crippen molar-refractivity contribution < 1.29 is 14.9 Å². The van der Waals surface area contributed by atoms with E-state index in [9.17, 15) is 10.2 Å². The number of hydrogen-bond acceptors (Lipinski definition) is 4. The van der Waals surface area contributed by atoms with Crippen LogP contribution in [-0.4, -0.2) is 22.9 Å². The molecule has 86 valence electrons. The second-order valence-electron chi connectivity index (χ2n) is 3.35. The Morgan fingerprint density at radius 3 is 2.69 bits per heavy atom. The minimum absolute atomic E-state index is 0.109. The molecule has 0 amide bonds. The van der Waals surface area contributed by atoms with E-state index in [4.69, 9.17) is 10.00 Å². The molecule has 2 unspecified atom stereocenters.